The van der Waals surface area contributed by atoms with Gasteiger partial charge in [0.15, 0.2) is 0 Å². The van der Waals surface area contributed by atoms with Gasteiger partial charge in [0.1, 0.15) is 5.82 Å². The van der Waals surface area contributed by atoms with Crippen LogP contribution in [-0.4, -0.2) is 15.0 Å². The summed E-state index contributed by atoms with van der Waals surface area (Å²) >= 11 is 6.04. The second kappa shape index (κ2) is 5.48. The third kappa shape index (κ3) is 2.70. The molecule has 0 saturated heterocycles. The highest BCUT2D eigenvalue weighted by Crippen LogP contribution is 2.29. The SMILES string of the molecule is CCn1cc(CC(C)c2c(F)cccc2Cl)nn1. The Balaban J connectivity index is 2.19. The molecule has 0 amide bonds. The molecular weight excluding hydrogens is 253 g/mol. The van der Waals surface area contributed by atoms with Gasteiger partial charge >= 0.3 is 0 Å². The van der Waals surface area contributed by atoms with E-state index < -0.39 is 0 Å². The molecule has 1 heterocycles. The molecule has 18 heavy (non-hydrogen) atoms. The molecule has 0 bridgehead atoms. The summed E-state index contributed by atoms with van der Waals surface area (Å²) in [5, 5.41) is 8.49. The van der Waals surface area contributed by atoms with Gasteiger partial charge in [0.2, 0.25) is 0 Å². The van der Waals surface area contributed by atoms with E-state index >= 15 is 0 Å². The van der Waals surface area contributed by atoms with Crippen LogP contribution in [0.3, 0.4) is 0 Å². The highest BCUT2D eigenvalue weighted by atomic mass is 35.5. The summed E-state index contributed by atoms with van der Waals surface area (Å²) in [4.78, 5) is 0. The molecule has 0 aliphatic rings. The lowest BCUT2D eigenvalue weighted by molar-refractivity contribution is 0.585. The number of hydrogen-bond acceptors (Lipinski definition) is 2. The van der Waals surface area contributed by atoms with Gasteiger partial charge in [-0.25, -0.2) is 4.39 Å². The lowest BCUT2D eigenvalue weighted by atomic mass is 9.96. The first-order valence-electron chi connectivity index (χ1n) is 5.94. The predicted molar refractivity (Wildman–Crippen MR) is 69.2 cm³/mol. The fraction of sp³-hybridized carbons (Fsp3) is 0.385. The summed E-state index contributed by atoms with van der Waals surface area (Å²) in [6.07, 6.45) is 2.51. The maximum Gasteiger partial charge on any atom is 0.128 e. The minimum absolute atomic E-state index is 0.0271. The number of aromatic nitrogens is 3. The molecule has 5 heteroatoms. The molecule has 0 radical (unpaired) electrons. The van der Waals surface area contributed by atoms with Crippen molar-refractivity contribution in [2.24, 2.45) is 0 Å². The fourth-order valence-electron chi connectivity index (χ4n) is 1.98. The van der Waals surface area contributed by atoms with Crippen LogP contribution < -0.4 is 0 Å². The summed E-state index contributed by atoms with van der Waals surface area (Å²) in [7, 11) is 0. The average molecular weight is 268 g/mol. The zero-order valence-electron chi connectivity index (χ0n) is 10.4. The van der Waals surface area contributed by atoms with Crippen LogP contribution in [0.4, 0.5) is 4.39 Å². The topological polar surface area (TPSA) is 30.7 Å². The maximum atomic E-state index is 13.7. The van der Waals surface area contributed by atoms with Crippen LogP contribution >= 0.6 is 11.6 Å². The Hall–Kier alpha value is -1.42. The van der Waals surface area contributed by atoms with Gasteiger partial charge in [-0.3, -0.25) is 4.68 Å². The molecule has 1 atom stereocenters. The number of nitrogens with zero attached hydrogens (tertiary/aromatic N) is 3. The van der Waals surface area contributed by atoms with E-state index in [4.69, 9.17) is 11.6 Å². The number of hydrogen-bond donors (Lipinski definition) is 0. The summed E-state index contributed by atoms with van der Waals surface area (Å²) in [5.41, 5.74) is 1.40. The lowest BCUT2D eigenvalue weighted by Gasteiger charge is -2.12. The average Bonchev–Trinajstić information content (AvgIpc) is 2.76. The minimum Gasteiger partial charge on any atom is -0.253 e. The molecule has 1 aromatic carbocycles. The van der Waals surface area contributed by atoms with Gasteiger partial charge in [-0.15, -0.1) is 5.10 Å². The second-order valence-electron chi connectivity index (χ2n) is 4.31. The third-order valence-electron chi connectivity index (χ3n) is 2.92. The molecule has 0 spiro atoms. The number of rotatable bonds is 4. The zero-order valence-corrected chi connectivity index (χ0v) is 11.2. The monoisotopic (exact) mass is 267 g/mol. The number of halogens is 2. The molecule has 0 N–H and O–H groups in total. The van der Waals surface area contributed by atoms with Gasteiger partial charge in [-0.1, -0.05) is 29.8 Å². The van der Waals surface area contributed by atoms with E-state index in [2.05, 4.69) is 10.3 Å². The van der Waals surface area contributed by atoms with Crippen molar-refractivity contribution in [2.75, 3.05) is 0 Å². The first kappa shape index (κ1) is 13.0. The molecule has 2 aromatic rings. The van der Waals surface area contributed by atoms with E-state index in [1.54, 1.807) is 16.8 Å². The Morgan fingerprint density at radius 3 is 2.83 bits per heavy atom. The highest BCUT2D eigenvalue weighted by Gasteiger charge is 2.16. The Labute approximate surface area is 111 Å². The Morgan fingerprint density at radius 2 is 2.22 bits per heavy atom. The van der Waals surface area contributed by atoms with Crippen molar-refractivity contribution in [1.82, 2.24) is 15.0 Å². The van der Waals surface area contributed by atoms with Crippen LogP contribution in [0.5, 0.6) is 0 Å². The summed E-state index contributed by atoms with van der Waals surface area (Å²) in [6.45, 7) is 4.71. The van der Waals surface area contributed by atoms with Crippen LogP contribution in [0.15, 0.2) is 24.4 Å². The smallest absolute Gasteiger partial charge is 0.128 e. The number of benzene rings is 1. The molecule has 3 nitrogen and oxygen atoms in total. The van der Waals surface area contributed by atoms with Gasteiger partial charge < -0.3 is 0 Å². The zero-order chi connectivity index (χ0) is 13.1. The summed E-state index contributed by atoms with van der Waals surface area (Å²) in [5.74, 6) is -0.293. The van der Waals surface area contributed by atoms with Crippen LogP contribution in [-0.2, 0) is 13.0 Å². The molecule has 0 fully saturated rings. The van der Waals surface area contributed by atoms with Crippen LogP contribution in [0.25, 0.3) is 0 Å². The first-order valence-corrected chi connectivity index (χ1v) is 6.32. The van der Waals surface area contributed by atoms with E-state index in [0.717, 1.165) is 12.2 Å². The Morgan fingerprint density at radius 1 is 1.44 bits per heavy atom. The first-order chi connectivity index (χ1) is 8.61. The van der Waals surface area contributed by atoms with Crippen molar-refractivity contribution in [2.45, 2.75) is 32.7 Å². The normalized spacial score (nSPS) is 12.7. The van der Waals surface area contributed by atoms with Gasteiger partial charge in [-0.05, 0) is 31.4 Å². The second-order valence-corrected chi connectivity index (χ2v) is 4.71. The van der Waals surface area contributed by atoms with Crippen molar-refractivity contribution < 1.29 is 4.39 Å². The fourth-order valence-corrected chi connectivity index (χ4v) is 2.33. The number of aryl methyl sites for hydroxylation is 1. The maximum absolute atomic E-state index is 13.7. The van der Waals surface area contributed by atoms with Crippen molar-refractivity contribution in [3.63, 3.8) is 0 Å². The van der Waals surface area contributed by atoms with Gasteiger partial charge in [-0.2, -0.15) is 0 Å². The molecule has 96 valence electrons. The van der Waals surface area contributed by atoms with E-state index in [-0.39, 0.29) is 11.7 Å². The molecule has 0 aliphatic carbocycles. The van der Waals surface area contributed by atoms with Crippen LogP contribution in [0.2, 0.25) is 5.02 Å². The molecule has 2 rings (SSSR count). The standard InChI is InChI=1S/C13H15ClFN3/c1-3-18-8-10(16-17-18)7-9(2)13-11(14)5-4-6-12(13)15/h4-6,8-9H,3,7H2,1-2H3. The predicted octanol–water partition coefficient (Wildman–Crippen LogP) is 3.44. The Bertz CT molecular complexity index is 519. The molecule has 1 aromatic heterocycles. The minimum atomic E-state index is -0.266. The van der Waals surface area contributed by atoms with Crippen molar-refractivity contribution in [1.29, 1.82) is 0 Å². The lowest BCUT2D eigenvalue weighted by Crippen LogP contribution is -2.02. The van der Waals surface area contributed by atoms with E-state index in [0.29, 0.717) is 17.0 Å². The molecule has 1 unspecified atom stereocenters. The van der Waals surface area contributed by atoms with Gasteiger partial charge in [0.25, 0.3) is 0 Å². The van der Waals surface area contributed by atoms with Gasteiger partial charge in [0.05, 0.1) is 5.69 Å². The Kier molecular flexibility index (Phi) is 3.97. The summed E-state index contributed by atoms with van der Waals surface area (Å²) < 4.78 is 15.5. The van der Waals surface area contributed by atoms with E-state index in [1.807, 2.05) is 20.0 Å². The third-order valence-corrected chi connectivity index (χ3v) is 3.25. The van der Waals surface area contributed by atoms with Crippen LogP contribution in [0, 0.1) is 5.82 Å². The van der Waals surface area contributed by atoms with Crippen molar-refractivity contribution >= 4 is 11.6 Å². The molecule has 0 aliphatic heterocycles. The van der Waals surface area contributed by atoms with Crippen LogP contribution in [0.1, 0.15) is 31.0 Å². The van der Waals surface area contributed by atoms with E-state index in [9.17, 15) is 4.39 Å². The molecular formula is C13H15ClFN3. The van der Waals surface area contributed by atoms with Crippen molar-refractivity contribution in [3.8, 4) is 0 Å². The summed E-state index contributed by atoms with van der Waals surface area (Å²) in [6, 6.07) is 4.75. The molecule has 0 saturated carbocycles. The van der Waals surface area contributed by atoms with Crippen molar-refractivity contribution in [3.05, 3.63) is 46.5 Å². The quantitative estimate of drug-likeness (QED) is 0.850. The van der Waals surface area contributed by atoms with E-state index in [1.165, 1.54) is 6.07 Å². The van der Waals surface area contributed by atoms with Gasteiger partial charge in [0, 0.05) is 23.3 Å². The largest absolute Gasteiger partial charge is 0.253 e. The highest BCUT2D eigenvalue weighted by molar-refractivity contribution is 6.31.